The maximum absolute atomic E-state index is 12.6. The SMILES string of the molecule is Cc1cccc(C(O)=C2C(=O)C3CCC(C)(O3)C2=O)c1C. The monoisotopic (exact) mass is 286 g/mol. The van der Waals surface area contributed by atoms with Crippen LogP contribution in [0.15, 0.2) is 23.8 Å². The van der Waals surface area contributed by atoms with Gasteiger partial charge in [-0.25, -0.2) is 0 Å². The van der Waals surface area contributed by atoms with E-state index in [9.17, 15) is 14.7 Å². The van der Waals surface area contributed by atoms with Crippen molar-refractivity contribution in [2.24, 2.45) is 0 Å². The fourth-order valence-electron chi connectivity index (χ4n) is 3.09. The third-order valence-corrected chi connectivity index (χ3v) is 4.63. The summed E-state index contributed by atoms with van der Waals surface area (Å²) in [6.45, 7) is 5.49. The summed E-state index contributed by atoms with van der Waals surface area (Å²) >= 11 is 0. The van der Waals surface area contributed by atoms with E-state index in [4.69, 9.17) is 4.74 Å². The molecule has 2 saturated heterocycles. The van der Waals surface area contributed by atoms with Gasteiger partial charge in [0.05, 0.1) is 0 Å². The van der Waals surface area contributed by atoms with Crippen LogP contribution in [0.3, 0.4) is 0 Å². The van der Waals surface area contributed by atoms with E-state index >= 15 is 0 Å². The van der Waals surface area contributed by atoms with Gasteiger partial charge in [0, 0.05) is 5.56 Å². The predicted octanol–water partition coefficient (Wildman–Crippen LogP) is 2.66. The van der Waals surface area contributed by atoms with Crippen LogP contribution in [0.1, 0.15) is 36.5 Å². The number of carbonyl (C=O) groups is 2. The Balaban J connectivity index is 2.18. The molecule has 0 amide bonds. The zero-order valence-corrected chi connectivity index (χ0v) is 12.4. The second kappa shape index (κ2) is 4.53. The Morgan fingerprint density at radius 2 is 2.05 bits per heavy atom. The highest BCUT2D eigenvalue weighted by Gasteiger charge is 2.54. The van der Waals surface area contributed by atoms with Gasteiger partial charge in [-0.05, 0) is 44.7 Å². The van der Waals surface area contributed by atoms with Crippen molar-refractivity contribution in [3.05, 3.63) is 40.5 Å². The summed E-state index contributed by atoms with van der Waals surface area (Å²) in [7, 11) is 0. The first kappa shape index (κ1) is 14.0. The number of Topliss-reactive ketones (excluding diaryl/α,β-unsaturated/α-hetero) is 2. The molecule has 1 aromatic carbocycles. The molecule has 4 nitrogen and oxygen atoms in total. The third-order valence-electron chi connectivity index (χ3n) is 4.63. The van der Waals surface area contributed by atoms with Crippen molar-refractivity contribution in [1.82, 2.24) is 0 Å². The Morgan fingerprint density at radius 3 is 2.76 bits per heavy atom. The Hall–Kier alpha value is -1.94. The number of hydrogen-bond acceptors (Lipinski definition) is 4. The Labute approximate surface area is 123 Å². The van der Waals surface area contributed by atoms with E-state index in [1.54, 1.807) is 19.1 Å². The van der Waals surface area contributed by atoms with Crippen molar-refractivity contribution in [2.45, 2.75) is 45.3 Å². The van der Waals surface area contributed by atoms with Gasteiger partial charge in [-0.1, -0.05) is 18.2 Å². The van der Waals surface area contributed by atoms with Crippen LogP contribution in [0.25, 0.3) is 5.76 Å². The summed E-state index contributed by atoms with van der Waals surface area (Å²) in [6.07, 6.45) is 0.450. The average Bonchev–Trinajstić information content (AvgIpc) is 2.81. The second-order valence-corrected chi connectivity index (χ2v) is 6.04. The molecule has 0 spiro atoms. The Kier molecular flexibility index (Phi) is 3.02. The maximum Gasteiger partial charge on any atom is 0.201 e. The van der Waals surface area contributed by atoms with Gasteiger partial charge < -0.3 is 9.84 Å². The fraction of sp³-hybridized carbons (Fsp3) is 0.412. The van der Waals surface area contributed by atoms with E-state index in [2.05, 4.69) is 0 Å². The molecule has 2 heterocycles. The van der Waals surface area contributed by atoms with Crippen LogP contribution in [-0.2, 0) is 14.3 Å². The van der Waals surface area contributed by atoms with E-state index in [1.165, 1.54) is 0 Å². The number of aliphatic hydroxyl groups is 1. The van der Waals surface area contributed by atoms with Gasteiger partial charge in [-0.2, -0.15) is 0 Å². The van der Waals surface area contributed by atoms with Crippen molar-refractivity contribution in [1.29, 1.82) is 0 Å². The van der Waals surface area contributed by atoms with Gasteiger partial charge in [0.25, 0.3) is 0 Å². The highest BCUT2D eigenvalue weighted by Crippen LogP contribution is 2.41. The lowest BCUT2D eigenvalue weighted by Crippen LogP contribution is -2.46. The number of aliphatic hydroxyl groups excluding tert-OH is 1. The van der Waals surface area contributed by atoms with Gasteiger partial charge in [-0.3, -0.25) is 9.59 Å². The number of hydrogen-bond donors (Lipinski definition) is 1. The molecule has 1 N–H and O–H groups in total. The van der Waals surface area contributed by atoms with Gasteiger partial charge in [-0.15, -0.1) is 0 Å². The molecule has 0 aliphatic carbocycles. The van der Waals surface area contributed by atoms with Crippen LogP contribution in [0.4, 0.5) is 0 Å². The zero-order chi connectivity index (χ0) is 15.4. The van der Waals surface area contributed by atoms with Gasteiger partial charge >= 0.3 is 0 Å². The molecular weight excluding hydrogens is 268 g/mol. The number of ketones is 2. The minimum atomic E-state index is -0.973. The summed E-state index contributed by atoms with van der Waals surface area (Å²) < 4.78 is 5.54. The van der Waals surface area contributed by atoms with Crippen LogP contribution in [-0.4, -0.2) is 28.4 Å². The normalized spacial score (nSPS) is 30.7. The van der Waals surface area contributed by atoms with Crippen molar-refractivity contribution < 1.29 is 19.4 Å². The number of ether oxygens (including phenoxy) is 1. The molecule has 2 aliphatic heterocycles. The summed E-state index contributed by atoms with van der Waals surface area (Å²) in [6, 6.07) is 5.46. The molecule has 2 bridgehead atoms. The molecule has 0 aromatic heterocycles. The molecule has 0 saturated carbocycles. The van der Waals surface area contributed by atoms with Gasteiger partial charge in [0.1, 0.15) is 23.0 Å². The van der Waals surface area contributed by atoms with Crippen molar-refractivity contribution in [3.8, 4) is 0 Å². The molecular formula is C17H18O4. The number of fused-ring (bicyclic) bond motifs is 2. The van der Waals surface area contributed by atoms with E-state index in [0.717, 1.165) is 11.1 Å². The highest BCUT2D eigenvalue weighted by atomic mass is 16.5. The van der Waals surface area contributed by atoms with Crippen molar-refractivity contribution in [3.63, 3.8) is 0 Å². The predicted molar refractivity (Wildman–Crippen MR) is 78.0 cm³/mol. The number of aryl methyl sites for hydroxylation is 1. The summed E-state index contributed by atoms with van der Waals surface area (Å²) in [5, 5.41) is 10.6. The average molecular weight is 286 g/mol. The van der Waals surface area contributed by atoms with E-state index in [0.29, 0.717) is 18.4 Å². The molecule has 2 aliphatic rings. The maximum atomic E-state index is 12.6. The molecule has 1 aromatic rings. The summed E-state index contributed by atoms with van der Waals surface area (Å²) in [4.78, 5) is 24.9. The standard InChI is InChI=1S/C17H18O4/c1-9-5-4-6-11(10(9)2)14(18)13-15(19)12-7-8-17(3,21-12)16(13)20/h4-6,12,18H,7-8H2,1-3H3. The van der Waals surface area contributed by atoms with Crippen LogP contribution >= 0.6 is 0 Å². The van der Waals surface area contributed by atoms with E-state index in [-0.39, 0.29) is 11.3 Å². The number of carbonyl (C=O) groups excluding carboxylic acids is 2. The molecule has 2 atom stereocenters. The third kappa shape index (κ3) is 1.94. The molecule has 2 unspecified atom stereocenters. The Morgan fingerprint density at radius 1 is 1.33 bits per heavy atom. The first-order chi connectivity index (χ1) is 9.85. The first-order valence-corrected chi connectivity index (χ1v) is 7.12. The second-order valence-electron chi connectivity index (χ2n) is 6.04. The van der Waals surface area contributed by atoms with E-state index < -0.39 is 23.3 Å². The topological polar surface area (TPSA) is 63.6 Å². The number of benzene rings is 1. The fourth-order valence-corrected chi connectivity index (χ4v) is 3.09. The molecule has 4 heteroatoms. The lowest BCUT2D eigenvalue weighted by molar-refractivity contribution is -0.151. The van der Waals surface area contributed by atoms with Crippen molar-refractivity contribution in [2.75, 3.05) is 0 Å². The number of rotatable bonds is 1. The summed E-state index contributed by atoms with van der Waals surface area (Å²) in [5.74, 6) is -1.01. The minimum absolute atomic E-state index is 0.0973. The quantitative estimate of drug-likeness (QED) is 0.490. The van der Waals surface area contributed by atoms with Gasteiger partial charge in [0.2, 0.25) is 5.78 Å². The largest absolute Gasteiger partial charge is 0.506 e. The molecule has 110 valence electrons. The van der Waals surface area contributed by atoms with Crippen LogP contribution < -0.4 is 0 Å². The van der Waals surface area contributed by atoms with Crippen molar-refractivity contribution >= 4 is 17.3 Å². The highest BCUT2D eigenvalue weighted by molar-refractivity contribution is 6.30. The lowest BCUT2D eigenvalue weighted by atomic mass is 9.87. The molecule has 0 radical (unpaired) electrons. The Bertz CT molecular complexity index is 686. The summed E-state index contributed by atoms with van der Waals surface area (Å²) in [5.41, 5.74) is 1.34. The minimum Gasteiger partial charge on any atom is -0.506 e. The zero-order valence-electron chi connectivity index (χ0n) is 12.4. The van der Waals surface area contributed by atoms with Gasteiger partial charge in [0.15, 0.2) is 5.78 Å². The molecule has 21 heavy (non-hydrogen) atoms. The molecule has 2 fully saturated rings. The lowest BCUT2D eigenvalue weighted by Gasteiger charge is -2.29. The van der Waals surface area contributed by atoms with E-state index in [1.807, 2.05) is 19.9 Å². The molecule has 3 rings (SSSR count). The van der Waals surface area contributed by atoms with Crippen LogP contribution in [0.5, 0.6) is 0 Å². The smallest absolute Gasteiger partial charge is 0.201 e. The van der Waals surface area contributed by atoms with Crippen LogP contribution in [0.2, 0.25) is 0 Å². The first-order valence-electron chi connectivity index (χ1n) is 7.12. The van der Waals surface area contributed by atoms with Crippen LogP contribution in [0, 0.1) is 13.8 Å².